The number of carbonyl (C=O) groups excluding carboxylic acids is 1. The van der Waals surface area contributed by atoms with Crippen LogP contribution in [0.4, 0.5) is 4.39 Å². The molecule has 132 valence electrons. The van der Waals surface area contributed by atoms with Crippen LogP contribution in [0.3, 0.4) is 0 Å². The fourth-order valence-corrected chi connectivity index (χ4v) is 2.47. The summed E-state index contributed by atoms with van der Waals surface area (Å²) in [4.78, 5) is 14.7. The van der Waals surface area contributed by atoms with E-state index in [1.807, 2.05) is 0 Å². The molecular weight excluding hydrogens is 357 g/mol. The highest BCUT2D eigenvalue weighted by molar-refractivity contribution is 6.30. The fourth-order valence-electron chi connectivity index (χ4n) is 2.34. The predicted octanol–water partition coefficient (Wildman–Crippen LogP) is 3.24. The molecule has 0 N–H and O–H groups in total. The van der Waals surface area contributed by atoms with Gasteiger partial charge in [-0.3, -0.25) is 4.79 Å². The molecule has 0 aliphatic heterocycles. The van der Waals surface area contributed by atoms with E-state index >= 15 is 0 Å². The van der Waals surface area contributed by atoms with Gasteiger partial charge in [0.05, 0.1) is 11.3 Å². The lowest BCUT2D eigenvalue weighted by atomic mass is 10.0. The van der Waals surface area contributed by atoms with Gasteiger partial charge in [-0.15, -0.1) is 5.10 Å². The minimum absolute atomic E-state index is 0.273. The molecule has 3 rings (SSSR count). The van der Waals surface area contributed by atoms with Gasteiger partial charge in [0, 0.05) is 30.9 Å². The largest absolute Gasteiger partial charge is 0.383 e. The maximum Gasteiger partial charge on any atom is 0.198 e. The Balaban J connectivity index is 2.08. The molecule has 0 aliphatic rings. The summed E-state index contributed by atoms with van der Waals surface area (Å²) < 4.78 is 14.6. The first-order valence-electron chi connectivity index (χ1n) is 7.69. The van der Waals surface area contributed by atoms with Gasteiger partial charge in [0.25, 0.3) is 0 Å². The monoisotopic (exact) mass is 371 g/mol. The zero-order valence-corrected chi connectivity index (χ0v) is 14.9. The second kappa shape index (κ2) is 7.45. The quantitative estimate of drug-likeness (QED) is 0.509. The van der Waals surface area contributed by atoms with Gasteiger partial charge in [0.15, 0.2) is 11.6 Å². The Morgan fingerprint density at radius 3 is 2.38 bits per heavy atom. The van der Waals surface area contributed by atoms with E-state index < -0.39 is 5.82 Å². The maximum atomic E-state index is 13.2. The highest BCUT2D eigenvalue weighted by atomic mass is 35.5. The number of benzene rings is 2. The van der Waals surface area contributed by atoms with Gasteiger partial charge in [0.1, 0.15) is 5.82 Å². The summed E-state index contributed by atoms with van der Waals surface area (Å²) in [5.74, 6) is -0.454. The second-order valence-electron chi connectivity index (χ2n) is 5.73. The van der Waals surface area contributed by atoms with E-state index in [-0.39, 0.29) is 17.2 Å². The predicted molar refractivity (Wildman–Crippen MR) is 96.6 cm³/mol. The third-order valence-electron chi connectivity index (χ3n) is 3.52. The van der Waals surface area contributed by atoms with Crippen molar-refractivity contribution in [3.63, 3.8) is 0 Å². The van der Waals surface area contributed by atoms with Crippen LogP contribution < -0.4 is 0 Å². The first kappa shape index (κ1) is 17.8. The Kier molecular flexibility index (Phi) is 5.09. The topological polar surface area (TPSA) is 63.9 Å². The molecule has 0 fully saturated rings. The van der Waals surface area contributed by atoms with Crippen LogP contribution in [0.1, 0.15) is 16.2 Å². The normalized spacial score (nSPS) is 11.5. The molecule has 2 aromatic carbocycles. The van der Waals surface area contributed by atoms with Crippen LogP contribution in [0.5, 0.6) is 0 Å². The van der Waals surface area contributed by atoms with Crippen molar-refractivity contribution in [3.8, 4) is 5.69 Å². The van der Waals surface area contributed by atoms with Crippen LogP contribution in [-0.4, -0.2) is 45.0 Å². The molecule has 8 heteroatoms. The van der Waals surface area contributed by atoms with Crippen LogP contribution in [0.15, 0.2) is 54.7 Å². The fraction of sp³-hybridized carbons (Fsp3) is 0.111. The first-order valence-corrected chi connectivity index (χ1v) is 8.06. The highest BCUT2D eigenvalue weighted by Crippen LogP contribution is 2.22. The van der Waals surface area contributed by atoms with E-state index in [0.29, 0.717) is 16.3 Å². The van der Waals surface area contributed by atoms with Crippen molar-refractivity contribution in [1.82, 2.24) is 25.1 Å². The number of hydrogen-bond acceptors (Lipinski definition) is 5. The summed E-state index contributed by atoms with van der Waals surface area (Å²) in [6.45, 7) is 0. The molecule has 3 aromatic rings. The van der Waals surface area contributed by atoms with Crippen molar-refractivity contribution in [3.05, 3.63) is 77.0 Å². The second-order valence-corrected chi connectivity index (χ2v) is 6.17. The summed E-state index contributed by atoms with van der Waals surface area (Å²) in [7, 11) is 3.57. The van der Waals surface area contributed by atoms with E-state index in [2.05, 4.69) is 15.5 Å². The van der Waals surface area contributed by atoms with Crippen LogP contribution in [0.25, 0.3) is 11.3 Å². The number of allylic oxidation sites excluding steroid dienone is 1. The molecule has 0 saturated heterocycles. The summed E-state index contributed by atoms with van der Waals surface area (Å²) >= 11 is 5.92. The van der Waals surface area contributed by atoms with Gasteiger partial charge in [-0.25, -0.2) is 4.39 Å². The molecular formula is C18H15ClFN5O. The van der Waals surface area contributed by atoms with Crippen LogP contribution in [-0.2, 0) is 0 Å². The third-order valence-corrected chi connectivity index (χ3v) is 3.77. The van der Waals surface area contributed by atoms with Crippen molar-refractivity contribution < 1.29 is 9.18 Å². The van der Waals surface area contributed by atoms with Gasteiger partial charge in [-0.1, -0.05) is 11.6 Å². The smallest absolute Gasteiger partial charge is 0.198 e. The molecule has 1 heterocycles. The lowest BCUT2D eigenvalue weighted by molar-refractivity contribution is 0.105. The molecule has 0 radical (unpaired) electrons. The van der Waals surface area contributed by atoms with E-state index in [9.17, 15) is 9.18 Å². The molecule has 0 spiro atoms. The maximum absolute atomic E-state index is 13.2. The summed E-state index contributed by atoms with van der Waals surface area (Å²) in [6.07, 6.45) is 1.63. The van der Waals surface area contributed by atoms with Crippen molar-refractivity contribution in [2.75, 3.05) is 14.1 Å². The number of halogens is 2. The number of carbonyl (C=O) groups is 1. The van der Waals surface area contributed by atoms with E-state index in [1.54, 1.807) is 49.5 Å². The average molecular weight is 372 g/mol. The SMILES string of the molecule is CN(C)C=C(C(=O)c1ccc(F)cc1)c1nnnn1-c1ccc(Cl)cc1. The minimum Gasteiger partial charge on any atom is -0.383 e. The van der Waals surface area contributed by atoms with Gasteiger partial charge in [-0.2, -0.15) is 4.68 Å². The molecule has 0 saturated carbocycles. The zero-order chi connectivity index (χ0) is 18.7. The van der Waals surface area contributed by atoms with Crippen molar-refractivity contribution >= 4 is 23.0 Å². The number of ketones is 1. The van der Waals surface area contributed by atoms with Crippen LogP contribution in [0, 0.1) is 5.82 Å². The van der Waals surface area contributed by atoms with Crippen LogP contribution >= 0.6 is 11.6 Å². The van der Waals surface area contributed by atoms with Crippen molar-refractivity contribution in [1.29, 1.82) is 0 Å². The number of Topliss-reactive ketones (excluding diaryl/α,β-unsaturated/α-hetero) is 1. The summed E-state index contributed by atoms with van der Waals surface area (Å²) in [6, 6.07) is 12.2. The standard InChI is InChI=1S/C18H15ClFN5O/c1-24(2)11-16(17(26)12-3-7-14(20)8-4-12)18-21-22-23-25(18)15-9-5-13(19)6-10-15/h3-11H,1-2H3. The molecule has 6 nitrogen and oxygen atoms in total. The van der Waals surface area contributed by atoms with Gasteiger partial charge < -0.3 is 4.90 Å². The molecule has 0 bridgehead atoms. The summed E-state index contributed by atoms with van der Waals surface area (Å²) in [5, 5.41) is 12.3. The molecule has 0 atom stereocenters. The number of tetrazole rings is 1. The Bertz CT molecular complexity index is 948. The zero-order valence-electron chi connectivity index (χ0n) is 14.1. The molecule has 1 aromatic heterocycles. The summed E-state index contributed by atoms with van der Waals surface area (Å²) in [5.41, 5.74) is 1.28. The van der Waals surface area contributed by atoms with Gasteiger partial charge >= 0.3 is 0 Å². The van der Waals surface area contributed by atoms with E-state index in [0.717, 1.165) is 0 Å². The van der Waals surface area contributed by atoms with E-state index in [1.165, 1.54) is 28.9 Å². The number of rotatable bonds is 5. The Morgan fingerprint density at radius 1 is 1.12 bits per heavy atom. The lowest BCUT2D eigenvalue weighted by Gasteiger charge is -2.12. The van der Waals surface area contributed by atoms with Crippen molar-refractivity contribution in [2.24, 2.45) is 0 Å². The first-order chi connectivity index (χ1) is 12.5. The van der Waals surface area contributed by atoms with Crippen LogP contribution in [0.2, 0.25) is 5.02 Å². The molecule has 26 heavy (non-hydrogen) atoms. The Morgan fingerprint density at radius 2 is 1.77 bits per heavy atom. The number of nitrogens with zero attached hydrogens (tertiary/aromatic N) is 5. The van der Waals surface area contributed by atoms with Crippen molar-refractivity contribution in [2.45, 2.75) is 0 Å². The Hall–Kier alpha value is -3.06. The third kappa shape index (κ3) is 3.78. The van der Waals surface area contributed by atoms with Gasteiger partial charge in [-0.05, 0) is 59.0 Å². The highest BCUT2D eigenvalue weighted by Gasteiger charge is 2.22. The lowest BCUT2D eigenvalue weighted by Crippen LogP contribution is -2.13. The number of aromatic nitrogens is 4. The average Bonchev–Trinajstić information content (AvgIpc) is 3.09. The Labute approximate surface area is 154 Å². The van der Waals surface area contributed by atoms with Gasteiger partial charge in [0.2, 0.25) is 0 Å². The molecule has 0 unspecified atom stereocenters. The minimum atomic E-state index is -0.411. The molecule has 0 amide bonds. The molecule has 0 aliphatic carbocycles. The van der Waals surface area contributed by atoms with E-state index in [4.69, 9.17) is 11.6 Å². The number of hydrogen-bond donors (Lipinski definition) is 0.